The Morgan fingerprint density at radius 3 is 2.76 bits per heavy atom. The molecule has 0 aromatic heterocycles. The van der Waals surface area contributed by atoms with Gasteiger partial charge in [-0.25, -0.2) is 0 Å². The predicted molar refractivity (Wildman–Crippen MR) is 78.2 cm³/mol. The van der Waals surface area contributed by atoms with Crippen LogP contribution in [0.5, 0.6) is 0 Å². The Labute approximate surface area is 126 Å². The molecule has 3 aliphatic rings. The highest BCUT2D eigenvalue weighted by molar-refractivity contribution is 5.70. The normalized spacial score (nSPS) is 35.9. The van der Waals surface area contributed by atoms with E-state index in [1.807, 2.05) is 0 Å². The Morgan fingerprint density at radius 2 is 2.00 bits per heavy atom. The van der Waals surface area contributed by atoms with E-state index in [0.29, 0.717) is 12.0 Å². The highest BCUT2D eigenvalue weighted by Gasteiger charge is 2.39. The minimum absolute atomic E-state index is 0.00996. The van der Waals surface area contributed by atoms with Crippen molar-refractivity contribution in [3.05, 3.63) is 0 Å². The predicted octanol–water partition coefficient (Wildman–Crippen LogP) is 1.81. The summed E-state index contributed by atoms with van der Waals surface area (Å²) in [6.45, 7) is 3.26. The van der Waals surface area contributed by atoms with Crippen molar-refractivity contribution in [2.45, 2.75) is 56.6 Å². The van der Waals surface area contributed by atoms with Crippen LogP contribution in [0.2, 0.25) is 0 Å². The lowest BCUT2D eigenvalue weighted by Crippen LogP contribution is -2.50. The maximum absolute atomic E-state index is 11.2. The first-order valence-corrected chi connectivity index (χ1v) is 8.36. The van der Waals surface area contributed by atoms with E-state index in [4.69, 9.17) is 9.47 Å². The molecule has 3 unspecified atom stereocenters. The highest BCUT2D eigenvalue weighted by atomic mass is 16.5. The zero-order valence-electron chi connectivity index (χ0n) is 12.7. The van der Waals surface area contributed by atoms with Crippen LogP contribution in [0.4, 0.5) is 0 Å². The van der Waals surface area contributed by atoms with Crippen LogP contribution >= 0.6 is 0 Å². The summed E-state index contributed by atoms with van der Waals surface area (Å²) in [5.74, 6) is -0.461. The first kappa shape index (κ1) is 15.3. The lowest BCUT2D eigenvalue weighted by atomic mass is 9.84. The molecule has 5 heteroatoms. The van der Waals surface area contributed by atoms with Gasteiger partial charge in [0, 0.05) is 25.9 Å². The highest BCUT2D eigenvalue weighted by Crippen LogP contribution is 2.35. The van der Waals surface area contributed by atoms with Gasteiger partial charge >= 0.3 is 5.97 Å². The van der Waals surface area contributed by atoms with Crippen LogP contribution in [0.3, 0.4) is 0 Å². The Bertz CT molecular complexity index is 362. The summed E-state index contributed by atoms with van der Waals surface area (Å²) in [6.07, 6.45) is 7.01. The van der Waals surface area contributed by atoms with Crippen molar-refractivity contribution in [1.82, 2.24) is 5.32 Å². The number of carbonyl (C=O) groups is 1. The summed E-state index contributed by atoms with van der Waals surface area (Å²) in [4.78, 5) is 11.2. The maximum atomic E-state index is 11.2. The van der Waals surface area contributed by atoms with Crippen LogP contribution in [-0.2, 0) is 14.3 Å². The summed E-state index contributed by atoms with van der Waals surface area (Å²) in [7, 11) is 0. The fraction of sp³-hybridized carbons (Fsp3) is 0.938. The van der Waals surface area contributed by atoms with Gasteiger partial charge in [0.15, 0.2) is 0 Å². The number of ether oxygens (including phenoxy) is 2. The average molecular weight is 297 g/mol. The SMILES string of the molecule is O=C(O)C1CCCC1CNC1CCOC2(CCOCC2)C1. The Morgan fingerprint density at radius 1 is 1.19 bits per heavy atom. The minimum Gasteiger partial charge on any atom is -0.481 e. The van der Waals surface area contributed by atoms with Crippen molar-refractivity contribution in [3.8, 4) is 0 Å². The molecule has 1 aliphatic carbocycles. The van der Waals surface area contributed by atoms with Gasteiger partial charge in [0.2, 0.25) is 0 Å². The molecular weight excluding hydrogens is 270 g/mol. The van der Waals surface area contributed by atoms with Crippen LogP contribution in [0.1, 0.15) is 44.9 Å². The van der Waals surface area contributed by atoms with Gasteiger partial charge in [-0.05, 0) is 51.0 Å². The van der Waals surface area contributed by atoms with E-state index in [1.165, 1.54) is 0 Å². The molecule has 3 fully saturated rings. The summed E-state index contributed by atoms with van der Waals surface area (Å²) >= 11 is 0. The van der Waals surface area contributed by atoms with Crippen molar-refractivity contribution in [2.24, 2.45) is 11.8 Å². The third-order valence-electron chi connectivity index (χ3n) is 5.54. The quantitative estimate of drug-likeness (QED) is 0.828. The molecule has 120 valence electrons. The molecule has 1 saturated carbocycles. The summed E-state index contributed by atoms with van der Waals surface area (Å²) < 4.78 is 11.5. The smallest absolute Gasteiger partial charge is 0.306 e. The zero-order chi connectivity index (χ0) is 14.7. The van der Waals surface area contributed by atoms with E-state index in [2.05, 4.69) is 5.32 Å². The minimum atomic E-state index is -0.618. The van der Waals surface area contributed by atoms with Crippen molar-refractivity contribution >= 4 is 5.97 Å². The lowest BCUT2D eigenvalue weighted by Gasteiger charge is -2.43. The molecule has 21 heavy (non-hydrogen) atoms. The van der Waals surface area contributed by atoms with Gasteiger partial charge < -0.3 is 19.9 Å². The van der Waals surface area contributed by atoms with E-state index in [-0.39, 0.29) is 11.5 Å². The summed E-state index contributed by atoms with van der Waals surface area (Å²) in [5, 5.41) is 12.9. The van der Waals surface area contributed by atoms with Crippen LogP contribution in [-0.4, -0.2) is 49.1 Å². The number of aliphatic carboxylic acids is 1. The monoisotopic (exact) mass is 297 g/mol. The van der Waals surface area contributed by atoms with Gasteiger partial charge in [-0.15, -0.1) is 0 Å². The van der Waals surface area contributed by atoms with Gasteiger partial charge in [-0.2, -0.15) is 0 Å². The second-order valence-electron chi connectivity index (χ2n) is 6.88. The topological polar surface area (TPSA) is 67.8 Å². The van der Waals surface area contributed by atoms with Gasteiger partial charge in [0.05, 0.1) is 11.5 Å². The molecule has 5 nitrogen and oxygen atoms in total. The van der Waals surface area contributed by atoms with E-state index in [0.717, 1.165) is 71.3 Å². The Balaban J connectivity index is 1.49. The molecule has 0 radical (unpaired) electrons. The first-order valence-electron chi connectivity index (χ1n) is 8.36. The van der Waals surface area contributed by atoms with E-state index in [9.17, 15) is 9.90 Å². The second kappa shape index (κ2) is 6.63. The fourth-order valence-electron chi connectivity index (χ4n) is 4.22. The number of hydrogen-bond donors (Lipinski definition) is 2. The lowest BCUT2D eigenvalue weighted by molar-refractivity contribution is -0.144. The second-order valence-corrected chi connectivity index (χ2v) is 6.88. The number of nitrogens with one attached hydrogen (secondary N) is 1. The largest absolute Gasteiger partial charge is 0.481 e. The van der Waals surface area contributed by atoms with Gasteiger partial charge in [-0.3, -0.25) is 4.79 Å². The van der Waals surface area contributed by atoms with Crippen LogP contribution in [0.25, 0.3) is 0 Å². The molecule has 2 heterocycles. The molecule has 2 aliphatic heterocycles. The number of rotatable bonds is 4. The van der Waals surface area contributed by atoms with Gasteiger partial charge in [-0.1, -0.05) is 6.42 Å². The molecule has 3 atom stereocenters. The molecule has 2 saturated heterocycles. The number of carboxylic acids is 1. The molecule has 1 spiro atoms. The molecule has 3 rings (SSSR count). The summed E-state index contributed by atoms with van der Waals surface area (Å²) in [6, 6.07) is 0.465. The van der Waals surface area contributed by atoms with Crippen molar-refractivity contribution in [3.63, 3.8) is 0 Å². The molecule has 0 aromatic rings. The van der Waals surface area contributed by atoms with Crippen molar-refractivity contribution in [2.75, 3.05) is 26.4 Å². The molecular formula is C16H27NO4. The first-order chi connectivity index (χ1) is 10.2. The third kappa shape index (κ3) is 3.58. The van der Waals surface area contributed by atoms with Crippen LogP contribution < -0.4 is 5.32 Å². The standard InChI is InChI=1S/C16H27NO4/c18-15(19)14-3-1-2-12(14)11-17-13-4-7-21-16(10-13)5-8-20-9-6-16/h12-14,17H,1-11H2,(H,18,19). The van der Waals surface area contributed by atoms with Crippen molar-refractivity contribution in [1.29, 1.82) is 0 Å². The molecule has 2 N–H and O–H groups in total. The van der Waals surface area contributed by atoms with Gasteiger partial charge in [0.1, 0.15) is 0 Å². The number of hydrogen-bond acceptors (Lipinski definition) is 4. The third-order valence-corrected chi connectivity index (χ3v) is 5.54. The molecule has 0 aromatic carbocycles. The van der Waals surface area contributed by atoms with Crippen LogP contribution in [0.15, 0.2) is 0 Å². The van der Waals surface area contributed by atoms with Crippen LogP contribution in [0, 0.1) is 11.8 Å². The van der Waals surface area contributed by atoms with Crippen molar-refractivity contribution < 1.29 is 19.4 Å². The number of carboxylic acid groups (broad SMARTS) is 1. The maximum Gasteiger partial charge on any atom is 0.306 e. The fourth-order valence-corrected chi connectivity index (χ4v) is 4.22. The van der Waals surface area contributed by atoms with E-state index in [1.54, 1.807) is 0 Å². The molecule has 0 amide bonds. The van der Waals surface area contributed by atoms with Gasteiger partial charge in [0.25, 0.3) is 0 Å². The van der Waals surface area contributed by atoms with E-state index >= 15 is 0 Å². The zero-order valence-corrected chi connectivity index (χ0v) is 12.7. The molecule has 0 bridgehead atoms. The Hall–Kier alpha value is -0.650. The Kier molecular flexibility index (Phi) is 4.82. The average Bonchev–Trinajstić information content (AvgIpc) is 2.95. The van der Waals surface area contributed by atoms with E-state index < -0.39 is 5.97 Å². The summed E-state index contributed by atoms with van der Waals surface area (Å²) in [5.41, 5.74) is 0.00996.